The van der Waals surface area contributed by atoms with Crippen molar-refractivity contribution in [3.8, 4) is 0 Å². The molecule has 0 saturated heterocycles. The Balaban J connectivity index is 1.94. The average Bonchev–Trinajstić information content (AvgIpc) is 2.64. The van der Waals surface area contributed by atoms with Gasteiger partial charge in [0, 0.05) is 6.42 Å². The molecule has 0 radical (unpaired) electrons. The minimum absolute atomic E-state index is 0.401. The second kappa shape index (κ2) is 6.29. The SMILES string of the molecule is Cc1n[nH]c2/c1=C(/OC1CCCCCC1)CC/C=C\C=2. The van der Waals surface area contributed by atoms with Crippen molar-refractivity contribution in [3.63, 3.8) is 0 Å². The number of rotatable bonds is 2. The molecule has 0 unspecified atom stereocenters. The largest absolute Gasteiger partial charge is 0.494 e. The number of ether oxygens (including phenoxy) is 1. The quantitative estimate of drug-likeness (QED) is 0.841. The highest BCUT2D eigenvalue weighted by Crippen LogP contribution is 2.23. The van der Waals surface area contributed by atoms with Crippen molar-refractivity contribution in [3.05, 3.63) is 28.4 Å². The normalized spacial score (nSPS) is 26.6. The Labute approximate surface area is 120 Å². The molecule has 1 heterocycles. The summed E-state index contributed by atoms with van der Waals surface area (Å²) in [6.07, 6.45) is 16.6. The van der Waals surface area contributed by atoms with Gasteiger partial charge in [0.25, 0.3) is 0 Å². The van der Waals surface area contributed by atoms with Crippen LogP contribution in [-0.2, 0) is 4.74 Å². The molecule has 0 aliphatic heterocycles. The van der Waals surface area contributed by atoms with Gasteiger partial charge in [0.05, 0.1) is 22.4 Å². The highest BCUT2D eigenvalue weighted by Gasteiger charge is 2.16. The summed E-state index contributed by atoms with van der Waals surface area (Å²) in [4.78, 5) is 0. The topological polar surface area (TPSA) is 37.9 Å². The molecule has 1 aromatic heterocycles. The first-order chi connectivity index (χ1) is 9.84. The van der Waals surface area contributed by atoms with Gasteiger partial charge in [0.1, 0.15) is 5.76 Å². The number of hydrogen-bond acceptors (Lipinski definition) is 2. The fourth-order valence-electron chi connectivity index (χ4n) is 3.20. The van der Waals surface area contributed by atoms with Gasteiger partial charge < -0.3 is 4.74 Å². The number of aromatic nitrogens is 2. The summed E-state index contributed by atoms with van der Waals surface area (Å²) in [5, 5.41) is 9.75. The fraction of sp³-hybridized carbons (Fsp3) is 0.588. The van der Waals surface area contributed by atoms with Crippen LogP contribution in [0.2, 0.25) is 0 Å². The van der Waals surface area contributed by atoms with Crippen LogP contribution in [-0.4, -0.2) is 16.3 Å². The van der Waals surface area contributed by atoms with Crippen LogP contribution >= 0.6 is 0 Å². The highest BCUT2D eigenvalue weighted by atomic mass is 16.5. The van der Waals surface area contributed by atoms with Crippen LogP contribution in [0.4, 0.5) is 0 Å². The Hall–Kier alpha value is -1.51. The summed E-state index contributed by atoms with van der Waals surface area (Å²) in [5.74, 6) is 1.14. The van der Waals surface area contributed by atoms with Crippen molar-refractivity contribution in [2.24, 2.45) is 0 Å². The molecule has 1 N–H and O–H groups in total. The Morgan fingerprint density at radius 2 is 2.00 bits per heavy atom. The number of allylic oxidation sites excluding steroid dienone is 2. The molecule has 3 heteroatoms. The standard InChI is InChI=1S/C17H24N2O/c1-13-17-15(19-18-13)11-7-4-8-12-16(17)20-14-9-5-2-3-6-10-14/h4,7,11,14,19H,2-3,5-6,8-10,12H2,1H3/b7-4-,15-11+,17-16+. The molecule has 0 aromatic carbocycles. The molecule has 1 saturated carbocycles. The lowest BCUT2D eigenvalue weighted by molar-refractivity contribution is 0.140. The van der Waals surface area contributed by atoms with Crippen LogP contribution in [0.15, 0.2) is 12.2 Å². The molecule has 1 aromatic rings. The van der Waals surface area contributed by atoms with Crippen LogP contribution in [0.1, 0.15) is 57.1 Å². The minimum Gasteiger partial charge on any atom is -0.494 e. The summed E-state index contributed by atoms with van der Waals surface area (Å²) >= 11 is 0. The predicted octanol–water partition coefficient (Wildman–Crippen LogP) is 2.70. The maximum absolute atomic E-state index is 6.42. The number of nitrogens with one attached hydrogen (secondary N) is 1. The van der Waals surface area contributed by atoms with Gasteiger partial charge in [0.15, 0.2) is 0 Å². The summed E-state index contributed by atoms with van der Waals surface area (Å²) in [6.45, 7) is 2.06. The molecule has 0 amide bonds. The van der Waals surface area contributed by atoms with Crippen LogP contribution in [0, 0.1) is 6.92 Å². The monoisotopic (exact) mass is 272 g/mol. The third-order valence-electron chi connectivity index (χ3n) is 4.30. The third kappa shape index (κ3) is 2.97. The van der Waals surface area contributed by atoms with Gasteiger partial charge in [-0.25, -0.2) is 0 Å². The summed E-state index contributed by atoms with van der Waals surface area (Å²) in [5.41, 5.74) is 1.05. The first-order valence-electron chi connectivity index (χ1n) is 7.92. The van der Waals surface area contributed by atoms with Crippen LogP contribution < -0.4 is 10.6 Å². The lowest BCUT2D eigenvalue weighted by Gasteiger charge is -2.19. The van der Waals surface area contributed by atoms with E-state index in [-0.39, 0.29) is 0 Å². The summed E-state index contributed by atoms with van der Waals surface area (Å²) in [7, 11) is 0. The zero-order chi connectivity index (χ0) is 13.8. The molecule has 2 aliphatic rings. The lowest BCUT2D eigenvalue weighted by atomic mass is 10.1. The van der Waals surface area contributed by atoms with Gasteiger partial charge in [-0.1, -0.05) is 25.0 Å². The minimum atomic E-state index is 0.401. The maximum Gasteiger partial charge on any atom is 0.108 e. The van der Waals surface area contributed by atoms with Crippen molar-refractivity contribution in [1.82, 2.24) is 10.2 Å². The molecule has 1 fully saturated rings. The van der Waals surface area contributed by atoms with E-state index in [0.29, 0.717) is 6.10 Å². The van der Waals surface area contributed by atoms with E-state index < -0.39 is 0 Å². The molecule has 3 nitrogen and oxygen atoms in total. The summed E-state index contributed by atoms with van der Waals surface area (Å²) in [6, 6.07) is 0. The second-order valence-corrected chi connectivity index (χ2v) is 5.89. The molecule has 108 valence electrons. The van der Waals surface area contributed by atoms with Gasteiger partial charge >= 0.3 is 0 Å². The maximum atomic E-state index is 6.42. The van der Waals surface area contributed by atoms with Crippen LogP contribution in [0.25, 0.3) is 11.8 Å². The Morgan fingerprint density at radius 3 is 2.80 bits per heavy atom. The number of aryl methyl sites for hydroxylation is 1. The first-order valence-corrected chi connectivity index (χ1v) is 7.92. The van der Waals surface area contributed by atoms with E-state index in [4.69, 9.17) is 4.74 Å². The van der Waals surface area contributed by atoms with Gasteiger partial charge in [-0.2, -0.15) is 5.10 Å². The van der Waals surface area contributed by atoms with Gasteiger partial charge in [-0.3, -0.25) is 5.10 Å². The Kier molecular flexibility index (Phi) is 4.24. The molecule has 20 heavy (non-hydrogen) atoms. The van der Waals surface area contributed by atoms with Crippen molar-refractivity contribution in [2.45, 2.75) is 64.4 Å². The first kappa shape index (κ1) is 13.5. The van der Waals surface area contributed by atoms with E-state index >= 15 is 0 Å². The molecular weight excluding hydrogens is 248 g/mol. The van der Waals surface area contributed by atoms with Gasteiger partial charge in [-0.15, -0.1) is 0 Å². The Morgan fingerprint density at radius 1 is 1.20 bits per heavy atom. The van der Waals surface area contributed by atoms with E-state index in [1.165, 1.54) is 43.7 Å². The van der Waals surface area contributed by atoms with E-state index in [1.54, 1.807) is 0 Å². The molecule has 0 atom stereocenters. The highest BCUT2D eigenvalue weighted by molar-refractivity contribution is 5.45. The zero-order valence-electron chi connectivity index (χ0n) is 12.3. The predicted molar refractivity (Wildman–Crippen MR) is 81.4 cm³/mol. The number of fused-ring (bicyclic) bond motifs is 1. The molecule has 0 bridgehead atoms. The molecule has 0 spiro atoms. The molecule has 2 aliphatic carbocycles. The van der Waals surface area contributed by atoms with Crippen molar-refractivity contribution >= 4 is 11.8 Å². The van der Waals surface area contributed by atoms with Crippen LogP contribution in [0.5, 0.6) is 0 Å². The number of hydrogen-bond donors (Lipinski definition) is 1. The second-order valence-electron chi connectivity index (χ2n) is 5.89. The number of nitrogens with zero attached hydrogens (tertiary/aromatic N) is 1. The van der Waals surface area contributed by atoms with Crippen LogP contribution in [0.3, 0.4) is 0 Å². The third-order valence-corrected chi connectivity index (χ3v) is 4.30. The Bertz CT molecular complexity index is 589. The average molecular weight is 272 g/mol. The summed E-state index contributed by atoms with van der Waals surface area (Å²) < 4.78 is 6.42. The smallest absolute Gasteiger partial charge is 0.108 e. The zero-order valence-corrected chi connectivity index (χ0v) is 12.3. The van der Waals surface area contributed by atoms with Gasteiger partial charge in [-0.05, 0) is 45.1 Å². The van der Waals surface area contributed by atoms with E-state index in [2.05, 4.69) is 35.3 Å². The van der Waals surface area contributed by atoms with E-state index in [1.807, 2.05) is 0 Å². The van der Waals surface area contributed by atoms with E-state index in [0.717, 1.165) is 29.6 Å². The van der Waals surface area contributed by atoms with Crippen molar-refractivity contribution < 1.29 is 4.74 Å². The van der Waals surface area contributed by atoms with Crippen molar-refractivity contribution in [1.29, 1.82) is 0 Å². The fourth-order valence-corrected chi connectivity index (χ4v) is 3.20. The molecule has 3 rings (SSSR count). The number of aromatic amines is 1. The van der Waals surface area contributed by atoms with E-state index in [9.17, 15) is 0 Å². The number of H-pyrrole nitrogens is 1. The lowest BCUT2D eigenvalue weighted by Crippen LogP contribution is -2.29. The molecular formula is C17H24N2O. The van der Waals surface area contributed by atoms with Crippen molar-refractivity contribution in [2.75, 3.05) is 0 Å². The van der Waals surface area contributed by atoms with Gasteiger partial charge in [0.2, 0.25) is 0 Å².